The largest absolute Gasteiger partial charge is 0.471 e. The third-order valence-corrected chi connectivity index (χ3v) is 4.27. The molecule has 6 nitrogen and oxygen atoms in total. The highest BCUT2D eigenvalue weighted by atomic mass is 35.7. The zero-order chi connectivity index (χ0) is 18.1. The molecule has 0 unspecified atom stereocenters. The lowest BCUT2D eigenvalue weighted by Crippen LogP contribution is -2.30. The molecule has 0 aliphatic rings. The lowest BCUT2D eigenvalue weighted by molar-refractivity contribution is -0.167. The van der Waals surface area contributed by atoms with E-state index in [4.69, 9.17) is 15.1 Å². The standard InChI is InChI=1S/C13H10ClF3N2O4S/c1-7-6-23-11(18-7)5-8-4-9(19-12(20)13(15,16)17)2-3-10(8)24(14,21)22/h2-4,6H,5H2,1H3,(H,19,20). The van der Waals surface area contributed by atoms with E-state index < -0.39 is 21.1 Å². The average Bonchev–Trinajstić information content (AvgIpc) is 2.82. The molecule has 130 valence electrons. The van der Waals surface area contributed by atoms with Gasteiger partial charge in [0.25, 0.3) is 9.05 Å². The van der Waals surface area contributed by atoms with Gasteiger partial charge in [0.1, 0.15) is 6.26 Å². The fraction of sp³-hybridized carbons (Fsp3) is 0.231. The summed E-state index contributed by atoms with van der Waals surface area (Å²) < 4.78 is 65.2. The van der Waals surface area contributed by atoms with Gasteiger partial charge in [-0.05, 0) is 30.7 Å². The normalized spacial score (nSPS) is 12.2. The van der Waals surface area contributed by atoms with E-state index in [1.54, 1.807) is 12.2 Å². The average molecular weight is 383 g/mol. The van der Waals surface area contributed by atoms with Gasteiger partial charge in [0, 0.05) is 16.4 Å². The molecular formula is C13H10ClF3N2O4S. The number of benzene rings is 1. The molecule has 0 radical (unpaired) electrons. The minimum atomic E-state index is -5.07. The Balaban J connectivity index is 2.40. The molecule has 11 heteroatoms. The number of anilines is 1. The van der Waals surface area contributed by atoms with Gasteiger partial charge >= 0.3 is 12.1 Å². The van der Waals surface area contributed by atoms with Crippen molar-refractivity contribution in [2.75, 3.05) is 5.32 Å². The second-order valence-corrected chi connectivity index (χ2v) is 7.31. The van der Waals surface area contributed by atoms with Crippen molar-refractivity contribution in [2.24, 2.45) is 0 Å². The predicted molar refractivity (Wildman–Crippen MR) is 78.2 cm³/mol. The van der Waals surface area contributed by atoms with Crippen LogP contribution in [0.15, 0.2) is 33.8 Å². The molecule has 24 heavy (non-hydrogen) atoms. The number of hydrogen-bond donors (Lipinski definition) is 1. The van der Waals surface area contributed by atoms with Gasteiger partial charge in [-0.3, -0.25) is 4.79 Å². The van der Waals surface area contributed by atoms with Crippen molar-refractivity contribution in [3.8, 4) is 0 Å². The Morgan fingerprint density at radius 2 is 2.04 bits per heavy atom. The number of nitrogens with zero attached hydrogens (tertiary/aromatic N) is 1. The van der Waals surface area contributed by atoms with Crippen LogP contribution in [0.4, 0.5) is 18.9 Å². The SMILES string of the molecule is Cc1coc(Cc2cc(NC(=O)C(F)(F)F)ccc2S(=O)(=O)Cl)n1. The van der Waals surface area contributed by atoms with Crippen LogP contribution < -0.4 is 5.32 Å². The monoisotopic (exact) mass is 382 g/mol. The maximum absolute atomic E-state index is 12.3. The van der Waals surface area contributed by atoms with Gasteiger partial charge in [0.2, 0.25) is 0 Å². The minimum absolute atomic E-state index is 0.0341. The summed E-state index contributed by atoms with van der Waals surface area (Å²) in [5.41, 5.74) is 0.341. The summed E-state index contributed by atoms with van der Waals surface area (Å²) in [6, 6.07) is 3.07. The molecular weight excluding hydrogens is 373 g/mol. The van der Waals surface area contributed by atoms with Gasteiger partial charge in [-0.25, -0.2) is 13.4 Å². The second kappa shape index (κ2) is 6.44. The molecule has 0 saturated carbocycles. The van der Waals surface area contributed by atoms with E-state index in [9.17, 15) is 26.4 Å². The fourth-order valence-electron chi connectivity index (χ4n) is 1.88. The molecule has 0 fully saturated rings. The highest BCUT2D eigenvalue weighted by Gasteiger charge is 2.38. The first-order chi connectivity index (χ1) is 11.0. The van der Waals surface area contributed by atoms with Crippen LogP contribution in [0, 0.1) is 6.92 Å². The van der Waals surface area contributed by atoms with Crippen LogP contribution in [0.2, 0.25) is 0 Å². The number of nitrogens with one attached hydrogen (secondary N) is 1. The zero-order valence-electron chi connectivity index (χ0n) is 12.0. The van der Waals surface area contributed by atoms with Crippen molar-refractivity contribution < 1.29 is 30.8 Å². The molecule has 1 aromatic carbocycles. The van der Waals surface area contributed by atoms with Crippen LogP contribution >= 0.6 is 10.7 Å². The number of carbonyl (C=O) groups is 1. The Morgan fingerprint density at radius 1 is 1.38 bits per heavy atom. The van der Waals surface area contributed by atoms with Gasteiger partial charge < -0.3 is 9.73 Å². The van der Waals surface area contributed by atoms with Crippen molar-refractivity contribution in [2.45, 2.75) is 24.4 Å². The second-order valence-electron chi connectivity index (χ2n) is 4.77. The summed E-state index contributed by atoms with van der Waals surface area (Å²) in [6.45, 7) is 1.65. The van der Waals surface area contributed by atoms with Crippen LogP contribution in [0.25, 0.3) is 0 Å². The highest BCUT2D eigenvalue weighted by molar-refractivity contribution is 8.13. The van der Waals surface area contributed by atoms with E-state index in [0.29, 0.717) is 5.69 Å². The minimum Gasteiger partial charge on any atom is -0.448 e. The Hall–Kier alpha value is -2.07. The Kier molecular flexibility index (Phi) is 4.90. The number of amides is 1. The van der Waals surface area contributed by atoms with Crippen molar-refractivity contribution in [1.82, 2.24) is 4.98 Å². The quantitative estimate of drug-likeness (QED) is 0.821. The summed E-state index contributed by atoms with van der Waals surface area (Å²) in [5.74, 6) is -2.03. The molecule has 0 aliphatic heterocycles. The molecule has 2 rings (SSSR count). The highest BCUT2D eigenvalue weighted by Crippen LogP contribution is 2.27. The molecule has 1 aromatic heterocycles. The fourth-order valence-corrected chi connectivity index (χ4v) is 3.01. The topological polar surface area (TPSA) is 89.3 Å². The molecule has 1 amide bonds. The summed E-state index contributed by atoms with van der Waals surface area (Å²) in [6.07, 6.45) is -3.87. The van der Waals surface area contributed by atoms with E-state index in [1.807, 2.05) is 0 Å². The molecule has 1 N–H and O–H groups in total. The number of aromatic nitrogens is 1. The number of carbonyl (C=O) groups excluding carboxylic acids is 1. The van der Waals surface area contributed by atoms with Gasteiger partial charge in [0.05, 0.1) is 17.0 Å². The third kappa shape index (κ3) is 4.48. The Bertz CT molecular complexity index is 878. The number of oxazole rings is 1. The molecule has 0 saturated heterocycles. The van der Waals surface area contributed by atoms with Gasteiger partial charge in [-0.2, -0.15) is 13.2 Å². The number of hydrogen-bond acceptors (Lipinski definition) is 5. The first kappa shape index (κ1) is 18.3. The van der Waals surface area contributed by atoms with Gasteiger partial charge in [-0.15, -0.1) is 0 Å². The summed E-state index contributed by atoms with van der Waals surface area (Å²) in [5, 5.41) is 1.64. The van der Waals surface area contributed by atoms with Crippen LogP contribution in [0.1, 0.15) is 17.1 Å². The molecule has 0 atom stereocenters. The van der Waals surface area contributed by atoms with Crippen molar-refractivity contribution in [1.29, 1.82) is 0 Å². The van der Waals surface area contributed by atoms with Crippen LogP contribution in [-0.4, -0.2) is 25.5 Å². The Labute approximate surface area is 139 Å². The molecule has 1 heterocycles. The smallest absolute Gasteiger partial charge is 0.448 e. The van der Waals surface area contributed by atoms with Gasteiger partial charge in [-0.1, -0.05) is 0 Å². The van der Waals surface area contributed by atoms with Crippen molar-refractivity contribution in [3.63, 3.8) is 0 Å². The van der Waals surface area contributed by atoms with Crippen LogP contribution in [0.3, 0.4) is 0 Å². The van der Waals surface area contributed by atoms with E-state index in [2.05, 4.69) is 4.98 Å². The van der Waals surface area contributed by atoms with Crippen molar-refractivity contribution in [3.05, 3.63) is 41.6 Å². The van der Waals surface area contributed by atoms with Gasteiger partial charge in [0.15, 0.2) is 5.89 Å². The first-order valence-corrected chi connectivity index (χ1v) is 8.64. The van der Waals surface area contributed by atoms with Crippen LogP contribution in [-0.2, 0) is 20.3 Å². The molecule has 2 aromatic rings. The molecule has 0 spiro atoms. The maximum atomic E-state index is 12.3. The first-order valence-electron chi connectivity index (χ1n) is 6.33. The van der Waals surface area contributed by atoms with Crippen LogP contribution in [0.5, 0.6) is 0 Å². The van der Waals surface area contributed by atoms with E-state index in [1.165, 1.54) is 6.26 Å². The lowest BCUT2D eigenvalue weighted by Gasteiger charge is -2.11. The molecule has 0 bridgehead atoms. The number of alkyl halides is 3. The summed E-state index contributed by atoms with van der Waals surface area (Å²) >= 11 is 0. The molecule has 0 aliphatic carbocycles. The predicted octanol–water partition coefficient (Wildman–Crippen LogP) is 3.00. The Morgan fingerprint density at radius 3 is 2.54 bits per heavy atom. The number of halogens is 4. The van der Waals surface area contributed by atoms with E-state index in [-0.39, 0.29) is 28.5 Å². The zero-order valence-corrected chi connectivity index (χ0v) is 13.6. The maximum Gasteiger partial charge on any atom is 0.471 e. The lowest BCUT2D eigenvalue weighted by atomic mass is 10.1. The van der Waals surface area contributed by atoms with Crippen molar-refractivity contribution >= 4 is 31.3 Å². The van der Waals surface area contributed by atoms with E-state index >= 15 is 0 Å². The third-order valence-electron chi connectivity index (χ3n) is 2.85. The summed E-state index contributed by atoms with van der Waals surface area (Å²) in [4.78, 5) is 14.6. The summed E-state index contributed by atoms with van der Waals surface area (Å²) in [7, 11) is 1.17. The van der Waals surface area contributed by atoms with E-state index in [0.717, 1.165) is 18.2 Å². The number of rotatable bonds is 4. The number of aryl methyl sites for hydroxylation is 1.